The van der Waals surface area contributed by atoms with E-state index in [1.807, 2.05) is 0 Å². The number of carbonyl (C=O) groups excluding carboxylic acids is 1. The van der Waals surface area contributed by atoms with Crippen molar-refractivity contribution in [1.82, 2.24) is 9.88 Å². The Kier molecular flexibility index (Phi) is 3.98. The number of fused-ring (bicyclic) bond motifs is 1. The summed E-state index contributed by atoms with van der Waals surface area (Å²) in [6.07, 6.45) is 12.9. The number of carbonyl (C=O) groups is 1. The van der Waals surface area contributed by atoms with Gasteiger partial charge in [-0.3, -0.25) is 4.79 Å². The molecule has 1 aromatic heterocycles. The van der Waals surface area contributed by atoms with Crippen molar-refractivity contribution in [2.24, 2.45) is 11.8 Å². The summed E-state index contributed by atoms with van der Waals surface area (Å²) < 4.78 is 0. The van der Waals surface area contributed by atoms with E-state index in [0.717, 1.165) is 43.5 Å². The minimum atomic E-state index is 0.247. The van der Waals surface area contributed by atoms with Gasteiger partial charge in [0.15, 0.2) is 0 Å². The van der Waals surface area contributed by atoms with Crippen LogP contribution in [-0.4, -0.2) is 28.9 Å². The Morgan fingerprint density at radius 2 is 1.77 bits per heavy atom. The van der Waals surface area contributed by atoms with Gasteiger partial charge in [-0.1, -0.05) is 25.7 Å². The lowest BCUT2D eigenvalue weighted by Crippen LogP contribution is -2.41. The summed E-state index contributed by atoms with van der Waals surface area (Å²) in [6.45, 7) is 1.94. The zero-order chi connectivity index (χ0) is 14.9. The Labute approximate surface area is 133 Å². The van der Waals surface area contributed by atoms with Gasteiger partial charge in [0.05, 0.1) is 0 Å². The van der Waals surface area contributed by atoms with E-state index in [9.17, 15) is 4.79 Å². The van der Waals surface area contributed by atoms with Crippen LogP contribution >= 0.6 is 0 Å². The molecule has 4 rings (SSSR count). The minimum Gasteiger partial charge on any atom is -0.354 e. The second kappa shape index (κ2) is 6.10. The second-order valence-electron chi connectivity index (χ2n) is 7.59. The van der Waals surface area contributed by atoms with Gasteiger partial charge in [0.2, 0.25) is 0 Å². The van der Waals surface area contributed by atoms with E-state index in [-0.39, 0.29) is 5.91 Å². The molecule has 1 aliphatic heterocycles. The molecular formula is C19H28N2O. The molecule has 1 N–H and O–H groups in total. The monoisotopic (exact) mass is 300 g/mol. The van der Waals surface area contributed by atoms with Crippen LogP contribution in [0, 0.1) is 11.8 Å². The fourth-order valence-electron chi connectivity index (χ4n) is 4.90. The number of H-pyrrole nitrogens is 1. The topological polar surface area (TPSA) is 36.1 Å². The Bertz CT molecular complexity index is 518. The van der Waals surface area contributed by atoms with Gasteiger partial charge in [-0.2, -0.15) is 0 Å². The quantitative estimate of drug-likeness (QED) is 0.882. The number of likely N-dealkylation sites (tertiary alicyclic amines) is 1. The highest BCUT2D eigenvalue weighted by atomic mass is 16.2. The molecule has 3 heteroatoms. The highest BCUT2D eigenvalue weighted by Gasteiger charge is 2.32. The van der Waals surface area contributed by atoms with Crippen molar-refractivity contribution < 1.29 is 4.79 Å². The van der Waals surface area contributed by atoms with Gasteiger partial charge in [0, 0.05) is 18.8 Å². The summed E-state index contributed by atoms with van der Waals surface area (Å²) in [5.74, 6) is 1.88. The third-order valence-electron chi connectivity index (χ3n) is 6.16. The van der Waals surface area contributed by atoms with E-state index >= 15 is 0 Å². The Morgan fingerprint density at radius 1 is 1.00 bits per heavy atom. The molecule has 0 spiro atoms. The molecule has 0 radical (unpaired) electrons. The van der Waals surface area contributed by atoms with Crippen molar-refractivity contribution in [2.45, 2.75) is 64.2 Å². The van der Waals surface area contributed by atoms with Crippen molar-refractivity contribution in [3.63, 3.8) is 0 Å². The summed E-state index contributed by atoms with van der Waals surface area (Å²) in [6, 6.07) is 2.13. The summed E-state index contributed by atoms with van der Waals surface area (Å²) in [5.41, 5.74) is 3.55. The first-order chi connectivity index (χ1) is 10.8. The number of rotatable bonds is 2. The van der Waals surface area contributed by atoms with Crippen LogP contribution in [0.5, 0.6) is 0 Å². The average molecular weight is 300 g/mol. The van der Waals surface area contributed by atoms with E-state index in [1.165, 1.54) is 62.6 Å². The van der Waals surface area contributed by atoms with Crippen molar-refractivity contribution in [3.05, 3.63) is 23.0 Å². The predicted molar refractivity (Wildman–Crippen MR) is 88.0 cm³/mol. The van der Waals surface area contributed by atoms with Gasteiger partial charge in [-0.25, -0.2) is 0 Å². The summed E-state index contributed by atoms with van der Waals surface area (Å²) >= 11 is 0. The van der Waals surface area contributed by atoms with Crippen molar-refractivity contribution in [3.8, 4) is 0 Å². The lowest BCUT2D eigenvalue weighted by molar-refractivity contribution is 0.0623. The molecule has 2 fully saturated rings. The lowest BCUT2D eigenvalue weighted by atomic mass is 9.84. The van der Waals surface area contributed by atoms with E-state index in [2.05, 4.69) is 16.0 Å². The maximum absolute atomic E-state index is 12.9. The van der Waals surface area contributed by atoms with Gasteiger partial charge in [-0.05, 0) is 62.0 Å². The second-order valence-corrected chi connectivity index (χ2v) is 7.59. The summed E-state index contributed by atoms with van der Waals surface area (Å²) in [5, 5.41) is 0. The Morgan fingerprint density at radius 3 is 2.59 bits per heavy atom. The maximum atomic E-state index is 12.9. The maximum Gasteiger partial charge on any atom is 0.270 e. The van der Waals surface area contributed by atoms with E-state index < -0.39 is 0 Å². The standard InChI is InChI=1S/C19H28N2O/c22-19(18-12-15-8-3-4-10-17(15)20-18)21-11-5-9-16(13-21)14-6-1-2-7-14/h12,14,16,20H,1-11,13H2. The molecule has 3 aliphatic rings. The minimum absolute atomic E-state index is 0.247. The number of piperidine rings is 1. The lowest BCUT2D eigenvalue weighted by Gasteiger charge is -2.35. The van der Waals surface area contributed by atoms with Crippen LogP contribution in [0.4, 0.5) is 0 Å². The number of nitrogens with zero attached hydrogens (tertiary/aromatic N) is 1. The highest BCUT2D eigenvalue weighted by Crippen LogP contribution is 2.36. The first kappa shape index (κ1) is 14.3. The zero-order valence-electron chi connectivity index (χ0n) is 13.6. The molecule has 0 bridgehead atoms. The Hall–Kier alpha value is -1.25. The van der Waals surface area contributed by atoms with Gasteiger partial charge >= 0.3 is 0 Å². The summed E-state index contributed by atoms with van der Waals surface area (Å²) in [4.78, 5) is 18.4. The van der Waals surface area contributed by atoms with Gasteiger partial charge in [0.1, 0.15) is 5.69 Å². The van der Waals surface area contributed by atoms with Crippen LogP contribution in [0.25, 0.3) is 0 Å². The van der Waals surface area contributed by atoms with Gasteiger partial charge < -0.3 is 9.88 Å². The molecule has 1 saturated carbocycles. The molecule has 2 heterocycles. The normalized spacial score (nSPS) is 26.2. The first-order valence-corrected chi connectivity index (χ1v) is 9.31. The molecule has 3 nitrogen and oxygen atoms in total. The van der Waals surface area contributed by atoms with Crippen molar-refractivity contribution in [1.29, 1.82) is 0 Å². The van der Waals surface area contributed by atoms with Crippen LogP contribution in [0.3, 0.4) is 0 Å². The molecule has 1 unspecified atom stereocenters. The number of hydrogen-bond donors (Lipinski definition) is 1. The molecule has 1 amide bonds. The molecule has 0 aromatic carbocycles. The molecule has 1 atom stereocenters. The summed E-state index contributed by atoms with van der Waals surface area (Å²) in [7, 11) is 0. The Balaban J connectivity index is 1.46. The molecule has 120 valence electrons. The van der Waals surface area contributed by atoms with Gasteiger partial charge in [0.25, 0.3) is 5.91 Å². The zero-order valence-corrected chi connectivity index (χ0v) is 13.6. The molecule has 2 aliphatic carbocycles. The molecule has 1 aromatic rings. The first-order valence-electron chi connectivity index (χ1n) is 9.31. The van der Waals surface area contributed by atoms with E-state index in [4.69, 9.17) is 0 Å². The third-order valence-corrected chi connectivity index (χ3v) is 6.16. The molecular weight excluding hydrogens is 272 g/mol. The fourth-order valence-corrected chi connectivity index (χ4v) is 4.90. The average Bonchev–Trinajstić information content (AvgIpc) is 3.23. The van der Waals surface area contributed by atoms with Crippen molar-refractivity contribution >= 4 is 5.91 Å². The number of nitrogens with one attached hydrogen (secondary N) is 1. The van der Waals surface area contributed by atoms with Crippen LogP contribution in [0.1, 0.15) is 73.1 Å². The van der Waals surface area contributed by atoms with Crippen molar-refractivity contribution in [2.75, 3.05) is 13.1 Å². The fraction of sp³-hybridized carbons (Fsp3) is 0.737. The smallest absolute Gasteiger partial charge is 0.270 e. The van der Waals surface area contributed by atoms with Gasteiger partial charge in [-0.15, -0.1) is 0 Å². The molecule has 22 heavy (non-hydrogen) atoms. The number of aromatic amines is 1. The molecule has 1 saturated heterocycles. The SMILES string of the molecule is O=C(c1cc2c([nH]1)CCCC2)N1CCCC(C2CCCC2)C1. The number of aromatic nitrogens is 1. The largest absolute Gasteiger partial charge is 0.354 e. The van der Waals surface area contributed by atoms with Crippen LogP contribution < -0.4 is 0 Å². The highest BCUT2D eigenvalue weighted by molar-refractivity contribution is 5.93. The third kappa shape index (κ3) is 2.70. The van der Waals surface area contributed by atoms with E-state index in [0.29, 0.717) is 0 Å². The number of amides is 1. The number of aryl methyl sites for hydroxylation is 2. The van der Waals surface area contributed by atoms with Crippen LogP contribution in [0.15, 0.2) is 6.07 Å². The van der Waals surface area contributed by atoms with Crippen LogP contribution in [0.2, 0.25) is 0 Å². The van der Waals surface area contributed by atoms with E-state index in [1.54, 1.807) is 0 Å². The predicted octanol–water partition coefficient (Wildman–Crippen LogP) is 3.94. The number of hydrogen-bond acceptors (Lipinski definition) is 1. The van der Waals surface area contributed by atoms with Crippen LogP contribution in [-0.2, 0) is 12.8 Å².